The second kappa shape index (κ2) is 5.11. The molecule has 0 aliphatic carbocycles. The van der Waals surface area contributed by atoms with Crippen molar-refractivity contribution in [3.05, 3.63) is 12.7 Å². The van der Waals surface area contributed by atoms with Gasteiger partial charge in [0.15, 0.2) is 5.79 Å². The Morgan fingerprint density at radius 1 is 1.38 bits per heavy atom. The smallest absolute Gasteiger partial charge is 0.162 e. The minimum atomic E-state index is -0.499. The Morgan fingerprint density at radius 2 is 1.94 bits per heavy atom. The van der Waals surface area contributed by atoms with Crippen LogP contribution in [0.25, 0.3) is 0 Å². The van der Waals surface area contributed by atoms with E-state index in [1.165, 1.54) is 0 Å². The van der Waals surface area contributed by atoms with E-state index in [4.69, 9.17) is 9.47 Å². The zero-order valence-corrected chi connectivity index (χ0v) is 10.5. The molecule has 1 saturated heterocycles. The topological polar surface area (TPSA) is 35.5 Å². The van der Waals surface area contributed by atoms with Crippen molar-refractivity contribution in [3.8, 4) is 0 Å². The minimum Gasteiger partial charge on any atom is -0.350 e. The Bertz CT molecular complexity index is 258. The lowest BCUT2D eigenvalue weighted by Crippen LogP contribution is -2.46. The lowest BCUT2D eigenvalue weighted by Gasteiger charge is -2.43. The molecule has 0 amide bonds. The average molecular weight is 226 g/mol. The summed E-state index contributed by atoms with van der Waals surface area (Å²) in [5.41, 5.74) is -0.0665. The van der Waals surface area contributed by atoms with Gasteiger partial charge in [0.05, 0.1) is 13.2 Å². The van der Waals surface area contributed by atoms with Crippen molar-refractivity contribution < 1.29 is 14.3 Å². The monoisotopic (exact) mass is 226 g/mol. The van der Waals surface area contributed by atoms with Crippen LogP contribution in [0.5, 0.6) is 0 Å². The minimum absolute atomic E-state index is 0.0665. The molecule has 1 aliphatic rings. The van der Waals surface area contributed by atoms with Gasteiger partial charge in [-0.1, -0.05) is 6.08 Å². The average Bonchev–Trinajstić information content (AvgIpc) is 2.20. The van der Waals surface area contributed by atoms with Crippen LogP contribution in [-0.4, -0.2) is 24.8 Å². The fourth-order valence-electron chi connectivity index (χ4n) is 1.85. The molecule has 0 aromatic heterocycles. The molecule has 16 heavy (non-hydrogen) atoms. The van der Waals surface area contributed by atoms with E-state index in [-0.39, 0.29) is 11.2 Å². The van der Waals surface area contributed by atoms with Gasteiger partial charge in [-0.25, -0.2) is 0 Å². The highest BCUT2D eigenvalue weighted by Crippen LogP contribution is 2.36. The van der Waals surface area contributed by atoms with Gasteiger partial charge in [-0.05, 0) is 33.6 Å². The predicted octanol–water partition coefficient (Wildman–Crippen LogP) is 2.70. The summed E-state index contributed by atoms with van der Waals surface area (Å²) in [7, 11) is 0. The van der Waals surface area contributed by atoms with E-state index in [1.807, 2.05) is 19.9 Å². The van der Waals surface area contributed by atoms with Crippen LogP contribution in [0.2, 0.25) is 0 Å². The number of allylic oxidation sites excluding steroid dienone is 1. The number of ketones is 1. The maximum absolute atomic E-state index is 11.1. The number of ether oxygens (including phenoxy) is 2. The molecule has 0 spiro atoms. The van der Waals surface area contributed by atoms with E-state index in [0.717, 1.165) is 12.8 Å². The van der Waals surface area contributed by atoms with Gasteiger partial charge < -0.3 is 14.3 Å². The first-order valence-corrected chi connectivity index (χ1v) is 5.77. The molecule has 1 aliphatic heterocycles. The van der Waals surface area contributed by atoms with E-state index in [0.29, 0.717) is 19.6 Å². The molecule has 0 N–H and O–H groups in total. The first-order valence-electron chi connectivity index (χ1n) is 5.77. The van der Waals surface area contributed by atoms with Gasteiger partial charge in [-0.2, -0.15) is 0 Å². The largest absolute Gasteiger partial charge is 0.350 e. The Kier molecular flexibility index (Phi) is 4.28. The standard InChI is InChI=1S/C13H22O3/c1-5-7-13(8-6-11(2)14)9-15-12(3,4)16-10-13/h5H,1,6-10H2,2-4H3. The van der Waals surface area contributed by atoms with Gasteiger partial charge in [-0.15, -0.1) is 6.58 Å². The molecule has 0 aromatic carbocycles. The van der Waals surface area contributed by atoms with Crippen LogP contribution in [0, 0.1) is 5.41 Å². The third kappa shape index (κ3) is 3.72. The van der Waals surface area contributed by atoms with E-state index in [1.54, 1.807) is 6.92 Å². The van der Waals surface area contributed by atoms with Crippen LogP contribution in [0.3, 0.4) is 0 Å². The zero-order chi connectivity index (χ0) is 12.2. The summed E-state index contributed by atoms with van der Waals surface area (Å²) in [5, 5.41) is 0. The first kappa shape index (κ1) is 13.4. The third-order valence-electron chi connectivity index (χ3n) is 3.04. The Balaban J connectivity index is 2.60. The summed E-state index contributed by atoms with van der Waals surface area (Å²) in [6, 6.07) is 0. The van der Waals surface area contributed by atoms with E-state index >= 15 is 0 Å². The van der Waals surface area contributed by atoms with Crippen molar-refractivity contribution in [2.75, 3.05) is 13.2 Å². The summed E-state index contributed by atoms with van der Waals surface area (Å²) < 4.78 is 11.4. The van der Waals surface area contributed by atoms with Crippen molar-refractivity contribution in [2.45, 2.75) is 45.8 Å². The molecule has 0 radical (unpaired) electrons. The van der Waals surface area contributed by atoms with Gasteiger partial charge in [0, 0.05) is 11.8 Å². The zero-order valence-electron chi connectivity index (χ0n) is 10.5. The van der Waals surface area contributed by atoms with E-state index < -0.39 is 5.79 Å². The molecule has 1 heterocycles. The highest BCUT2D eigenvalue weighted by atomic mass is 16.7. The van der Waals surface area contributed by atoms with Gasteiger partial charge in [-0.3, -0.25) is 0 Å². The lowest BCUT2D eigenvalue weighted by atomic mass is 9.80. The molecule has 0 bridgehead atoms. The van der Waals surface area contributed by atoms with Crippen LogP contribution in [0.15, 0.2) is 12.7 Å². The van der Waals surface area contributed by atoms with Crippen LogP contribution in [-0.2, 0) is 14.3 Å². The van der Waals surface area contributed by atoms with Crippen molar-refractivity contribution in [3.63, 3.8) is 0 Å². The summed E-state index contributed by atoms with van der Waals surface area (Å²) in [4.78, 5) is 11.1. The third-order valence-corrected chi connectivity index (χ3v) is 3.04. The SMILES string of the molecule is C=CCC1(CCC(C)=O)COC(C)(C)OC1. The van der Waals surface area contributed by atoms with Crippen molar-refractivity contribution >= 4 is 5.78 Å². The number of rotatable bonds is 5. The molecular weight excluding hydrogens is 204 g/mol. The molecule has 92 valence electrons. The number of hydrogen-bond donors (Lipinski definition) is 0. The number of carbonyl (C=O) groups is 1. The van der Waals surface area contributed by atoms with Gasteiger partial charge >= 0.3 is 0 Å². The molecule has 3 nitrogen and oxygen atoms in total. The fourth-order valence-corrected chi connectivity index (χ4v) is 1.85. The Morgan fingerprint density at radius 3 is 2.38 bits per heavy atom. The summed E-state index contributed by atoms with van der Waals surface area (Å²) in [6.07, 6.45) is 4.10. The first-order chi connectivity index (χ1) is 7.39. The predicted molar refractivity (Wildman–Crippen MR) is 63.1 cm³/mol. The molecule has 3 heteroatoms. The van der Waals surface area contributed by atoms with Crippen molar-refractivity contribution in [1.82, 2.24) is 0 Å². The molecule has 0 saturated carbocycles. The molecule has 0 aromatic rings. The van der Waals surface area contributed by atoms with Gasteiger partial charge in [0.1, 0.15) is 5.78 Å². The molecule has 0 unspecified atom stereocenters. The summed E-state index contributed by atoms with van der Waals surface area (Å²) in [5.74, 6) is -0.283. The van der Waals surface area contributed by atoms with Gasteiger partial charge in [0.25, 0.3) is 0 Å². The molecule has 0 atom stereocenters. The number of hydrogen-bond acceptors (Lipinski definition) is 3. The number of carbonyl (C=O) groups excluding carboxylic acids is 1. The van der Waals surface area contributed by atoms with Crippen LogP contribution >= 0.6 is 0 Å². The molecular formula is C13H22O3. The molecule has 1 rings (SSSR count). The highest BCUT2D eigenvalue weighted by Gasteiger charge is 2.39. The van der Waals surface area contributed by atoms with Gasteiger partial charge in [0.2, 0.25) is 0 Å². The van der Waals surface area contributed by atoms with E-state index in [2.05, 4.69) is 6.58 Å². The maximum Gasteiger partial charge on any atom is 0.162 e. The summed E-state index contributed by atoms with van der Waals surface area (Å²) in [6.45, 7) is 10.5. The maximum atomic E-state index is 11.1. The number of Topliss-reactive ketones (excluding diaryl/α,β-unsaturated/α-hetero) is 1. The quantitative estimate of drug-likeness (QED) is 0.676. The van der Waals surface area contributed by atoms with Crippen LogP contribution in [0.1, 0.15) is 40.0 Å². The lowest BCUT2D eigenvalue weighted by molar-refractivity contribution is -0.285. The fraction of sp³-hybridized carbons (Fsp3) is 0.769. The van der Waals surface area contributed by atoms with Crippen molar-refractivity contribution in [1.29, 1.82) is 0 Å². The van der Waals surface area contributed by atoms with Crippen LogP contribution in [0.4, 0.5) is 0 Å². The second-order valence-corrected chi connectivity index (χ2v) is 5.17. The molecule has 1 fully saturated rings. The Hall–Kier alpha value is -0.670. The van der Waals surface area contributed by atoms with Crippen LogP contribution < -0.4 is 0 Å². The Labute approximate surface area is 97.8 Å². The second-order valence-electron chi connectivity index (χ2n) is 5.17. The summed E-state index contributed by atoms with van der Waals surface area (Å²) >= 11 is 0. The van der Waals surface area contributed by atoms with Crippen molar-refractivity contribution in [2.24, 2.45) is 5.41 Å². The highest BCUT2D eigenvalue weighted by molar-refractivity contribution is 5.75. The normalized spacial score (nSPS) is 22.7. The van der Waals surface area contributed by atoms with E-state index in [9.17, 15) is 4.79 Å².